The molecule has 1 aliphatic carbocycles. The average Bonchev–Trinajstić information content (AvgIpc) is 3.04. The first-order chi connectivity index (χ1) is 13.4. The van der Waals surface area contributed by atoms with E-state index in [4.69, 9.17) is 0 Å². The lowest BCUT2D eigenvalue weighted by Crippen LogP contribution is -2.15. The average molecular weight is 403 g/mol. The summed E-state index contributed by atoms with van der Waals surface area (Å²) >= 11 is 0. The van der Waals surface area contributed by atoms with Crippen LogP contribution in [0.25, 0.3) is 11.0 Å². The quantitative estimate of drug-likeness (QED) is 0.699. The summed E-state index contributed by atoms with van der Waals surface area (Å²) in [5, 5.41) is 8.24. The van der Waals surface area contributed by atoms with Gasteiger partial charge in [-0.3, -0.25) is 0 Å². The summed E-state index contributed by atoms with van der Waals surface area (Å²) in [6.45, 7) is 0.831. The molecule has 148 valence electrons. The van der Waals surface area contributed by atoms with Crippen LogP contribution in [0.1, 0.15) is 32.1 Å². The number of anilines is 2. The minimum Gasteiger partial charge on any atom is -0.324 e. The lowest BCUT2D eigenvalue weighted by Gasteiger charge is -2.21. The van der Waals surface area contributed by atoms with Crippen LogP contribution in [0.5, 0.6) is 0 Å². The van der Waals surface area contributed by atoms with Crippen molar-refractivity contribution in [1.29, 1.82) is 0 Å². The number of aromatic nitrogens is 4. The summed E-state index contributed by atoms with van der Waals surface area (Å²) in [5.41, 5.74) is 1.11. The molecule has 28 heavy (non-hydrogen) atoms. The highest BCUT2D eigenvalue weighted by Gasteiger charge is 2.17. The Morgan fingerprint density at radius 1 is 1.21 bits per heavy atom. The molecule has 1 aromatic carbocycles. The molecule has 9 heteroatoms. The number of nitrogens with zero attached hydrogens (tertiary/aromatic N) is 4. The monoisotopic (exact) mass is 403 g/mol. The lowest BCUT2D eigenvalue weighted by molar-refractivity contribution is 0.311. The van der Waals surface area contributed by atoms with Crippen molar-refractivity contribution in [2.24, 2.45) is 5.92 Å². The van der Waals surface area contributed by atoms with Crippen molar-refractivity contribution in [3.63, 3.8) is 0 Å². The molecule has 0 spiro atoms. The van der Waals surface area contributed by atoms with Crippen LogP contribution in [0, 0.1) is 11.7 Å². The van der Waals surface area contributed by atoms with Crippen molar-refractivity contribution in [3.8, 4) is 0 Å². The predicted octanol–water partition coefficient (Wildman–Crippen LogP) is 3.69. The van der Waals surface area contributed by atoms with Gasteiger partial charge in [-0.15, -0.1) is 0 Å². The normalized spacial score (nSPS) is 15.8. The van der Waals surface area contributed by atoms with Gasteiger partial charge in [0.1, 0.15) is 10.7 Å². The van der Waals surface area contributed by atoms with Crippen molar-refractivity contribution in [3.05, 3.63) is 36.4 Å². The standard InChI is InChI=1S/C19H22FN5O2S/c1-28(26,27)17-8-7-15(9-16(17)20)23-19-21-10-14-11-22-25(18(14)24-19)12-13-5-3-2-4-6-13/h7-11,13H,2-6,12H2,1H3,(H,21,23,24). The Kier molecular flexibility index (Phi) is 5.01. The second-order valence-electron chi connectivity index (χ2n) is 7.35. The molecule has 0 bridgehead atoms. The minimum atomic E-state index is -3.61. The van der Waals surface area contributed by atoms with Crippen molar-refractivity contribution in [1.82, 2.24) is 19.7 Å². The number of hydrogen-bond acceptors (Lipinski definition) is 6. The van der Waals surface area contributed by atoms with Crippen LogP contribution in [0.2, 0.25) is 0 Å². The number of sulfone groups is 1. The smallest absolute Gasteiger partial charge is 0.229 e. The van der Waals surface area contributed by atoms with Gasteiger partial charge in [0.25, 0.3) is 0 Å². The van der Waals surface area contributed by atoms with E-state index in [-0.39, 0.29) is 4.90 Å². The fourth-order valence-corrected chi connectivity index (χ4v) is 4.41. The molecule has 3 aromatic rings. The number of fused-ring (bicyclic) bond motifs is 1. The first-order valence-corrected chi connectivity index (χ1v) is 11.2. The second-order valence-corrected chi connectivity index (χ2v) is 9.33. The fourth-order valence-electron chi connectivity index (χ4n) is 3.68. The van der Waals surface area contributed by atoms with Crippen LogP contribution >= 0.6 is 0 Å². The van der Waals surface area contributed by atoms with Crippen LogP contribution in [0.3, 0.4) is 0 Å². The molecule has 2 heterocycles. The Labute approximate surface area is 162 Å². The van der Waals surface area contributed by atoms with Gasteiger partial charge >= 0.3 is 0 Å². The Morgan fingerprint density at radius 2 is 2.00 bits per heavy atom. The van der Waals surface area contributed by atoms with Gasteiger partial charge < -0.3 is 5.32 Å². The summed E-state index contributed by atoms with van der Waals surface area (Å²) < 4.78 is 39.1. The predicted molar refractivity (Wildman–Crippen MR) is 105 cm³/mol. The van der Waals surface area contributed by atoms with Gasteiger partial charge in [0.2, 0.25) is 5.95 Å². The van der Waals surface area contributed by atoms with E-state index in [1.165, 1.54) is 44.2 Å². The van der Waals surface area contributed by atoms with E-state index in [0.717, 1.165) is 29.9 Å². The molecule has 0 saturated heterocycles. The zero-order chi connectivity index (χ0) is 19.7. The van der Waals surface area contributed by atoms with Crippen LogP contribution in [-0.2, 0) is 16.4 Å². The van der Waals surface area contributed by atoms with Gasteiger partial charge in [-0.1, -0.05) is 19.3 Å². The largest absolute Gasteiger partial charge is 0.324 e. The SMILES string of the molecule is CS(=O)(=O)c1ccc(Nc2ncc3cnn(CC4CCCCC4)c3n2)cc1F. The third kappa shape index (κ3) is 3.99. The maximum atomic E-state index is 14.1. The van der Waals surface area contributed by atoms with E-state index in [9.17, 15) is 12.8 Å². The van der Waals surface area contributed by atoms with Crippen molar-refractivity contribution in [2.45, 2.75) is 43.5 Å². The van der Waals surface area contributed by atoms with E-state index in [2.05, 4.69) is 20.4 Å². The van der Waals surface area contributed by atoms with Gasteiger partial charge in [-0.05, 0) is 37.0 Å². The van der Waals surface area contributed by atoms with E-state index in [1.807, 2.05) is 4.68 Å². The third-order valence-corrected chi connectivity index (χ3v) is 6.25. The summed E-state index contributed by atoms with van der Waals surface area (Å²) in [5.74, 6) is 0.112. The zero-order valence-corrected chi connectivity index (χ0v) is 16.4. The number of benzene rings is 1. The van der Waals surface area contributed by atoms with Gasteiger partial charge in [-0.2, -0.15) is 10.1 Å². The maximum Gasteiger partial charge on any atom is 0.229 e. The van der Waals surface area contributed by atoms with Crippen molar-refractivity contribution >= 4 is 32.5 Å². The van der Waals surface area contributed by atoms with Crippen molar-refractivity contribution in [2.75, 3.05) is 11.6 Å². The highest BCUT2D eigenvalue weighted by Crippen LogP contribution is 2.26. The highest BCUT2D eigenvalue weighted by molar-refractivity contribution is 7.90. The van der Waals surface area contributed by atoms with E-state index in [0.29, 0.717) is 17.6 Å². The Bertz CT molecular complexity index is 1110. The molecule has 1 aliphatic rings. The molecule has 0 unspecified atom stereocenters. The summed E-state index contributed by atoms with van der Waals surface area (Å²) in [6.07, 6.45) is 10.7. The lowest BCUT2D eigenvalue weighted by atomic mass is 9.89. The molecule has 1 N–H and O–H groups in total. The van der Waals surface area contributed by atoms with E-state index >= 15 is 0 Å². The molecule has 4 rings (SSSR count). The number of rotatable bonds is 5. The summed E-state index contributed by atoms with van der Waals surface area (Å²) in [4.78, 5) is 8.45. The molecular weight excluding hydrogens is 381 g/mol. The molecule has 0 amide bonds. The molecule has 1 saturated carbocycles. The molecular formula is C19H22FN5O2S. The number of halogens is 1. The topological polar surface area (TPSA) is 89.8 Å². The number of hydrogen-bond donors (Lipinski definition) is 1. The minimum absolute atomic E-state index is 0.310. The van der Waals surface area contributed by atoms with Gasteiger partial charge in [0, 0.05) is 24.7 Å². The zero-order valence-electron chi connectivity index (χ0n) is 15.6. The Hall–Kier alpha value is -2.55. The first-order valence-electron chi connectivity index (χ1n) is 9.35. The Balaban J connectivity index is 1.57. The van der Waals surface area contributed by atoms with Crippen LogP contribution < -0.4 is 5.32 Å². The third-order valence-electron chi connectivity index (χ3n) is 5.12. The van der Waals surface area contributed by atoms with Crippen LogP contribution in [-0.4, -0.2) is 34.4 Å². The highest BCUT2D eigenvalue weighted by atomic mass is 32.2. The van der Waals surface area contributed by atoms with Gasteiger partial charge in [-0.25, -0.2) is 22.5 Å². The van der Waals surface area contributed by atoms with E-state index < -0.39 is 15.7 Å². The van der Waals surface area contributed by atoms with Crippen LogP contribution in [0.15, 0.2) is 35.5 Å². The molecule has 0 radical (unpaired) electrons. The van der Waals surface area contributed by atoms with Crippen molar-refractivity contribution < 1.29 is 12.8 Å². The number of nitrogens with one attached hydrogen (secondary N) is 1. The molecule has 1 fully saturated rings. The summed E-state index contributed by atoms with van der Waals surface area (Å²) in [7, 11) is -3.61. The fraction of sp³-hybridized carbons (Fsp3) is 0.421. The van der Waals surface area contributed by atoms with Gasteiger partial charge in [0.05, 0.1) is 11.6 Å². The molecule has 7 nitrogen and oxygen atoms in total. The Morgan fingerprint density at radius 3 is 2.71 bits per heavy atom. The van der Waals surface area contributed by atoms with Gasteiger partial charge in [0.15, 0.2) is 15.5 Å². The molecule has 0 atom stereocenters. The molecule has 2 aromatic heterocycles. The molecule has 0 aliphatic heterocycles. The maximum absolute atomic E-state index is 14.1. The first kappa shape index (κ1) is 18.8. The second kappa shape index (κ2) is 7.46. The van der Waals surface area contributed by atoms with E-state index in [1.54, 1.807) is 12.4 Å². The summed E-state index contributed by atoms with van der Waals surface area (Å²) in [6, 6.07) is 3.86. The van der Waals surface area contributed by atoms with Crippen LogP contribution in [0.4, 0.5) is 16.0 Å².